The minimum absolute atomic E-state index is 0.583. The summed E-state index contributed by atoms with van der Waals surface area (Å²) in [5, 5.41) is 0.641. The molecule has 0 spiro atoms. The molecule has 3 heteroatoms. The fourth-order valence-corrected chi connectivity index (χ4v) is 1.10. The molecule has 0 saturated heterocycles. The number of aromatic nitrogens is 1. The van der Waals surface area contributed by atoms with Crippen molar-refractivity contribution < 1.29 is 0 Å². The first-order valence-corrected chi connectivity index (χ1v) is 4.43. The van der Waals surface area contributed by atoms with E-state index in [2.05, 4.69) is 16.8 Å². The standard InChI is InChI=1S/C10H11ClN2/c1-8-6-9(11)7-13-10(8)4-2-3-5-12/h6-7H,3,5,12H2,1H3. The number of pyridine rings is 1. The molecule has 0 fully saturated rings. The van der Waals surface area contributed by atoms with Gasteiger partial charge in [0, 0.05) is 19.2 Å². The molecule has 0 bridgehead atoms. The Balaban J connectivity index is 2.85. The van der Waals surface area contributed by atoms with Crippen LogP contribution < -0.4 is 5.73 Å². The van der Waals surface area contributed by atoms with Gasteiger partial charge in [0.05, 0.1) is 5.02 Å². The Morgan fingerprint density at radius 3 is 3.00 bits per heavy atom. The maximum absolute atomic E-state index is 5.75. The maximum Gasteiger partial charge on any atom is 0.116 e. The smallest absolute Gasteiger partial charge is 0.116 e. The van der Waals surface area contributed by atoms with Gasteiger partial charge in [0.15, 0.2) is 0 Å². The van der Waals surface area contributed by atoms with E-state index in [1.165, 1.54) is 0 Å². The highest BCUT2D eigenvalue weighted by Crippen LogP contribution is 2.10. The van der Waals surface area contributed by atoms with Crippen molar-refractivity contribution in [2.75, 3.05) is 6.54 Å². The van der Waals surface area contributed by atoms with Gasteiger partial charge in [-0.05, 0) is 24.5 Å². The van der Waals surface area contributed by atoms with Gasteiger partial charge in [0.2, 0.25) is 0 Å². The number of nitrogens with zero attached hydrogens (tertiary/aromatic N) is 1. The lowest BCUT2D eigenvalue weighted by atomic mass is 10.2. The summed E-state index contributed by atoms with van der Waals surface area (Å²) in [6.07, 6.45) is 2.30. The predicted octanol–water partition coefficient (Wildman–Crippen LogP) is 1.74. The molecule has 0 aliphatic heterocycles. The lowest BCUT2D eigenvalue weighted by molar-refractivity contribution is 1.03. The van der Waals surface area contributed by atoms with Crippen LogP contribution in [-0.2, 0) is 0 Å². The molecule has 0 atom stereocenters. The van der Waals surface area contributed by atoms with E-state index in [9.17, 15) is 0 Å². The number of rotatable bonds is 1. The average molecular weight is 195 g/mol. The van der Waals surface area contributed by atoms with Crippen molar-refractivity contribution in [2.45, 2.75) is 13.3 Å². The zero-order valence-corrected chi connectivity index (χ0v) is 8.23. The zero-order chi connectivity index (χ0) is 9.68. The third kappa shape index (κ3) is 3.06. The number of aryl methyl sites for hydroxylation is 1. The third-order valence-electron chi connectivity index (χ3n) is 1.52. The van der Waals surface area contributed by atoms with Crippen LogP contribution in [0, 0.1) is 18.8 Å². The predicted molar refractivity (Wildman–Crippen MR) is 54.5 cm³/mol. The Labute approximate surface area is 83.1 Å². The largest absolute Gasteiger partial charge is 0.330 e. The molecule has 0 radical (unpaired) electrons. The van der Waals surface area contributed by atoms with Crippen molar-refractivity contribution in [3.63, 3.8) is 0 Å². The molecule has 2 N–H and O–H groups in total. The molecule has 0 amide bonds. The van der Waals surface area contributed by atoms with Crippen molar-refractivity contribution in [3.05, 3.63) is 28.5 Å². The molecule has 0 aliphatic carbocycles. The first-order valence-electron chi connectivity index (χ1n) is 4.05. The minimum Gasteiger partial charge on any atom is -0.330 e. The normalized spacial score (nSPS) is 9.15. The Morgan fingerprint density at radius 1 is 1.62 bits per heavy atom. The summed E-state index contributed by atoms with van der Waals surface area (Å²) in [5.74, 6) is 5.87. The Morgan fingerprint density at radius 2 is 2.38 bits per heavy atom. The van der Waals surface area contributed by atoms with E-state index in [-0.39, 0.29) is 0 Å². The zero-order valence-electron chi connectivity index (χ0n) is 7.47. The first-order chi connectivity index (χ1) is 6.24. The topological polar surface area (TPSA) is 38.9 Å². The Kier molecular flexibility index (Phi) is 3.75. The van der Waals surface area contributed by atoms with E-state index < -0.39 is 0 Å². The molecule has 2 nitrogen and oxygen atoms in total. The van der Waals surface area contributed by atoms with E-state index in [0.29, 0.717) is 18.0 Å². The molecule has 0 unspecified atom stereocenters. The summed E-state index contributed by atoms with van der Waals surface area (Å²) in [4.78, 5) is 4.10. The second-order valence-electron chi connectivity index (χ2n) is 2.66. The van der Waals surface area contributed by atoms with Crippen molar-refractivity contribution in [1.29, 1.82) is 0 Å². The Bertz CT molecular complexity index is 350. The summed E-state index contributed by atoms with van der Waals surface area (Å²) in [6, 6.07) is 1.85. The molecule has 1 aromatic rings. The SMILES string of the molecule is Cc1cc(Cl)cnc1C#CCCN. The fraction of sp³-hybridized carbons (Fsp3) is 0.300. The van der Waals surface area contributed by atoms with Gasteiger partial charge in [0.1, 0.15) is 5.69 Å². The van der Waals surface area contributed by atoms with Crippen LogP contribution in [0.1, 0.15) is 17.7 Å². The maximum atomic E-state index is 5.75. The molecule has 1 aromatic heterocycles. The molecule has 1 rings (SSSR count). The van der Waals surface area contributed by atoms with E-state index in [0.717, 1.165) is 11.3 Å². The van der Waals surface area contributed by atoms with E-state index in [4.69, 9.17) is 17.3 Å². The second-order valence-corrected chi connectivity index (χ2v) is 3.10. The molecule has 1 heterocycles. The van der Waals surface area contributed by atoms with Gasteiger partial charge in [-0.3, -0.25) is 0 Å². The second kappa shape index (κ2) is 4.86. The highest BCUT2D eigenvalue weighted by Gasteiger charge is 1.95. The van der Waals surface area contributed by atoms with Crippen LogP contribution in [0.4, 0.5) is 0 Å². The lowest BCUT2D eigenvalue weighted by Crippen LogP contribution is -1.95. The monoisotopic (exact) mass is 194 g/mol. The highest BCUT2D eigenvalue weighted by molar-refractivity contribution is 6.30. The molecular formula is C10H11ClN2. The Hall–Kier alpha value is -1.04. The van der Waals surface area contributed by atoms with Crippen molar-refractivity contribution in [1.82, 2.24) is 4.98 Å². The molecule has 0 saturated carbocycles. The van der Waals surface area contributed by atoms with Gasteiger partial charge in [-0.2, -0.15) is 0 Å². The number of halogens is 1. The molecule has 68 valence electrons. The van der Waals surface area contributed by atoms with Crippen LogP contribution in [0.2, 0.25) is 5.02 Å². The van der Waals surface area contributed by atoms with Crippen molar-refractivity contribution >= 4 is 11.6 Å². The molecule has 0 aromatic carbocycles. The third-order valence-corrected chi connectivity index (χ3v) is 1.73. The van der Waals surface area contributed by atoms with Gasteiger partial charge in [0.25, 0.3) is 0 Å². The van der Waals surface area contributed by atoms with Crippen molar-refractivity contribution in [2.24, 2.45) is 5.73 Å². The number of hydrogen-bond acceptors (Lipinski definition) is 2. The summed E-state index contributed by atoms with van der Waals surface area (Å²) in [6.45, 7) is 2.52. The fourth-order valence-electron chi connectivity index (χ4n) is 0.890. The lowest BCUT2D eigenvalue weighted by Gasteiger charge is -1.96. The number of hydrogen-bond donors (Lipinski definition) is 1. The van der Waals surface area contributed by atoms with E-state index in [1.807, 2.05) is 13.0 Å². The summed E-state index contributed by atoms with van der Waals surface area (Å²) in [7, 11) is 0. The van der Waals surface area contributed by atoms with E-state index in [1.54, 1.807) is 6.20 Å². The van der Waals surface area contributed by atoms with Gasteiger partial charge in [-0.1, -0.05) is 17.5 Å². The highest BCUT2D eigenvalue weighted by atomic mass is 35.5. The van der Waals surface area contributed by atoms with Gasteiger partial charge >= 0.3 is 0 Å². The van der Waals surface area contributed by atoms with Crippen LogP contribution in [0.3, 0.4) is 0 Å². The van der Waals surface area contributed by atoms with Gasteiger partial charge in [-0.15, -0.1) is 0 Å². The average Bonchev–Trinajstić information content (AvgIpc) is 2.09. The molecular weight excluding hydrogens is 184 g/mol. The van der Waals surface area contributed by atoms with Crippen LogP contribution >= 0.6 is 11.6 Å². The number of nitrogens with two attached hydrogens (primary N) is 1. The van der Waals surface area contributed by atoms with Crippen LogP contribution in [0.25, 0.3) is 0 Å². The summed E-state index contributed by atoms with van der Waals surface area (Å²) >= 11 is 5.75. The van der Waals surface area contributed by atoms with Crippen molar-refractivity contribution in [3.8, 4) is 11.8 Å². The van der Waals surface area contributed by atoms with Crippen LogP contribution in [-0.4, -0.2) is 11.5 Å². The van der Waals surface area contributed by atoms with Crippen LogP contribution in [0.5, 0.6) is 0 Å². The molecule has 0 aliphatic rings. The summed E-state index contributed by atoms with van der Waals surface area (Å²) in [5.41, 5.74) is 7.08. The summed E-state index contributed by atoms with van der Waals surface area (Å²) < 4.78 is 0. The van der Waals surface area contributed by atoms with E-state index >= 15 is 0 Å². The quantitative estimate of drug-likeness (QED) is 0.692. The van der Waals surface area contributed by atoms with Gasteiger partial charge < -0.3 is 5.73 Å². The van der Waals surface area contributed by atoms with Gasteiger partial charge in [-0.25, -0.2) is 4.98 Å². The minimum atomic E-state index is 0.583. The van der Waals surface area contributed by atoms with Crippen LogP contribution in [0.15, 0.2) is 12.3 Å². The first kappa shape index (κ1) is 10.0. The molecule has 13 heavy (non-hydrogen) atoms.